The number of hydrogen-bond acceptors (Lipinski definition) is 4. The molecule has 5 nitrogen and oxygen atoms in total. The highest BCUT2D eigenvalue weighted by Gasteiger charge is 2.20. The Hall–Kier alpha value is -1.46. The van der Waals surface area contributed by atoms with Crippen LogP contribution in [0.4, 0.5) is 0 Å². The molecule has 2 aromatic heterocycles. The lowest BCUT2D eigenvalue weighted by Gasteiger charge is -2.27. The van der Waals surface area contributed by atoms with Gasteiger partial charge < -0.3 is 10.1 Å². The number of rotatable bonds is 6. The standard InChI is InChI=1S/C16H26N4O/c1-7-21-16(5,6)10-18-12(3)14-9-17-15-8-11(2)19-20(15)13(14)4/h8-9,12,18H,7,10H2,1-6H3. The van der Waals surface area contributed by atoms with Crippen LogP contribution in [0.5, 0.6) is 0 Å². The van der Waals surface area contributed by atoms with Gasteiger partial charge in [0.1, 0.15) is 0 Å². The third kappa shape index (κ3) is 3.60. The highest BCUT2D eigenvalue weighted by atomic mass is 16.5. The molecule has 0 amide bonds. The minimum Gasteiger partial charge on any atom is -0.375 e. The highest BCUT2D eigenvalue weighted by molar-refractivity contribution is 5.42. The average Bonchev–Trinajstić information content (AvgIpc) is 2.78. The Labute approximate surface area is 126 Å². The third-order valence-electron chi connectivity index (χ3n) is 3.72. The molecule has 0 aliphatic heterocycles. The molecular formula is C16H26N4O. The predicted octanol–water partition coefficient (Wildman–Crippen LogP) is 2.81. The van der Waals surface area contributed by atoms with E-state index in [4.69, 9.17) is 4.74 Å². The molecule has 0 radical (unpaired) electrons. The number of aryl methyl sites for hydroxylation is 2. The highest BCUT2D eigenvalue weighted by Crippen LogP contribution is 2.19. The van der Waals surface area contributed by atoms with Crippen molar-refractivity contribution >= 4 is 5.65 Å². The fourth-order valence-corrected chi connectivity index (χ4v) is 2.55. The van der Waals surface area contributed by atoms with E-state index in [1.54, 1.807) is 0 Å². The van der Waals surface area contributed by atoms with Crippen LogP contribution in [0.15, 0.2) is 12.3 Å². The molecule has 0 saturated carbocycles. The lowest BCUT2D eigenvalue weighted by atomic mass is 10.1. The maximum absolute atomic E-state index is 5.72. The zero-order valence-corrected chi connectivity index (χ0v) is 13.9. The third-order valence-corrected chi connectivity index (χ3v) is 3.72. The quantitative estimate of drug-likeness (QED) is 0.889. The number of fused-ring (bicyclic) bond motifs is 1. The summed E-state index contributed by atoms with van der Waals surface area (Å²) in [6, 6.07) is 2.19. The van der Waals surface area contributed by atoms with Gasteiger partial charge in [-0.3, -0.25) is 0 Å². The average molecular weight is 290 g/mol. The molecule has 2 heterocycles. The van der Waals surface area contributed by atoms with Gasteiger partial charge in [-0.1, -0.05) is 0 Å². The van der Waals surface area contributed by atoms with E-state index < -0.39 is 0 Å². The Balaban J connectivity index is 2.16. The number of ether oxygens (including phenoxy) is 1. The Kier molecular flexibility index (Phi) is 4.64. The summed E-state index contributed by atoms with van der Waals surface area (Å²) in [6.07, 6.45) is 1.94. The van der Waals surface area contributed by atoms with Crippen molar-refractivity contribution in [1.29, 1.82) is 0 Å². The van der Waals surface area contributed by atoms with Crippen molar-refractivity contribution in [3.8, 4) is 0 Å². The molecule has 2 rings (SSSR count). The maximum Gasteiger partial charge on any atom is 0.155 e. The minimum atomic E-state index is -0.170. The first-order valence-corrected chi connectivity index (χ1v) is 7.53. The van der Waals surface area contributed by atoms with Gasteiger partial charge in [-0.25, -0.2) is 9.50 Å². The van der Waals surface area contributed by atoms with Crippen molar-refractivity contribution in [3.05, 3.63) is 29.2 Å². The molecule has 2 aromatic rings. The first kappa shape index (κ1) is 15.9. The molecule has 0 saturated heterocycles. The second-order valence-corrected chi connectivity index (χ2v) is 6.15. The molecule has 21 heavy (non-hydrogen) atoms. The van der Waals surface area contributed by atoms with E-state index in [9.17, 15) is 0 Å². The van der Waals surface area contributed by atoms with Crippen LogP contribution in [0.3, 0.4) is 0 Å². The monoisotopic (exact) mass is 290 g/mol. The molecule has 1 atom stereocenters. The number of aromatic nitrogens is 3. The fourth-order valence-electron chi connectivity index (χ4n) is 2.55. The van der Waals surface area contributed by atoms with Crippen molar-refractivity contribution < 1.29 is 4.74 Å². The van der Waals surface area contributed by atoms with Crippen molar-refractivity contribution in [3.63, 3.8) is 0 Å². The van der Waals surface area contributed by atoms with Crippen LogP contribution in [0, 0.1) is 13.8 Å². The summed E-state index contributed by atoms with van der Waals surface area (Å²) in [6.45, 7) is 14.0. The molecule has 5 heteroatoms. The lowest BCUT2D eigenvalue weighted by molar-refractivity contribution is -0.0103. The minimum absolute atomic E-state index is 0.170. The predicted molar refractivity (Wildman–Crippen MR) is 84.6 cm³/mol. The molecule has 1 N–H and O–H groups in total. The van der Waals surface area contributed by atoms with Crippen LogP contribution in [-0.4, -0.2) is 33.4 Å². The largest absolute Gasteiger partial charge is 0.375 e. The number of hydrogen-bond donors (Lipinski definition) is 1. The van der Waals surface area contributed by atoms with Gasteiger partial charge in [-0.15, -0.1) is 0 Å². The summed E-state index contributed by atoms with van der Waals surface area (Å²) < 4.78 is 7.64. The Bertz CT molecular complexity index is 618. The van der Waals surface area contributed by atoms with Crippen LogP contribution < -0.4 is 5.32 Å². The van der Waals surface area contributed by atoms with Gasteiger partial charge in [-0.2, -0.15) is 5.10 Å². The zero-order chi connectivity index (χ0) is 15.6. The van der Waals surface area contributed by atoms with Gasteiger partial charge in [0.2, 0.25) is 0 Å². The van der Waals surface area contributed by atoms with Gasteiger partial charge >= 0.3 is 0 Å². The second-order valence-electron chi connectivity index (χ2n) is 6.15. The Morgan fingerprint density at radius 1 is 1.38 bits per heavy atom. The Morgan fingerprint density at radius 2 is 2.10 bits per heavy atom. The van der Waals surface area contributed by atoms with Gasteiger partial charge in [-0.05, 0) is 41.5 Å². The molecule has 0 aromatic carbocycles. The van der Waals surface area contributed by atoms with Crippen molar-refractivity contribution in [2.45, 2.75) is 53.2 Å². The zero-order valence-electron chi connectivity index (χ0n) is 13.9. The smallest absolute Gasteiger partial charge is 0.155 e. The van der Waals surface area contributed by atoms with Crippen LogP contribution in [0.1, 0.15) is 50.7 Å². The second kappa shape index (κ2) is 6.12. The van der Waals surface area contributed by atoms with Gasteiger partial charge in [0, 0.05) is 42.7 Å². The molecule has 0 fully saturated rings. The normalized spacial score (nSPS) is 13.8. The molecule has 0 aliphatic carbocycles. The SMILES string of the molecule is CCOC(C)(C)CNC(C)c1cnc2cc(C)nn2c1C. The van der Waals surface area contributed by atoms with Crippen molar-refractivity contribution in [1.82, 2.24) is 19.9 Å². The van der Waals surface area contributed by atoms with Crippen LogP contribution in [-0.2, 0) is 4.74 Å². The summed E-state index contributed by atoms with van der Waals surface area (Å²) in [4.78, 5) is 4.49. The Morgan fingerprint density at radius 3 is 2.76 bits per heavy atom. The van der Waals surface area contributed by atoms with E-state index in [1.165, 1.54) is 0 Å². The van der Waals surface area contributed by atoms with Crippen molar-refractivity contribution in [2.24, 2.45) is 0 Å². The number of nitrogens with zero attached hydrogens (tertiary/aromatic N) is 3. The molecule has 0 aliphatic rings. The lowest BCUT2D eigenvalue weighted by Crippen LogP contribution is -2.39. The van der Waals surface area contributed by atoms with Crippen LogP contribution in [0.25, 0.3) is 5.65 Å². The molecule has 116 valence electrons. The van der Waals surface area contributed by atoms with Crippen molar-refractivity contribution in [2.75, 3.05) is 13.2 Å². The van der Waals surface area contributed by atoms with Gasteiger partial charge in [0.05, 0.1) is 11.3 Å². The molecule has 0 spiro atoms. The summed E-state index contributed by atoms with van der Waals surface area (Å²) in [5.41, 5.74) is 4.01. The first-order valence-electron chi connectivity index (χ1n) is 7.53. The van der Waals surface area contributed by atoms with Gasteiger partial charge in [0.25, 0.3) is 0 Å². The summed E-state index contributed by atoms with van der Waals surface area (Å²) in [7, 11) is 0. The van der Waals surface area contributed by atoms with E-state index in [-0.39, 0.29) is 11.6 Å². The maximum atomic E-state index is 5.72. The van der Waals surface area contributed by atoms with E-state index >= 15 is 0 Å². The molecule has 1 unspecified atom stereocenters. The summed E-state index contributed by atoms with van der Waals surface area (Å²) in [5.74, 6) is 0. The molecule has 0 bridgehead atoms. The topological polar surface area (TPSA) is 51.5 Å². The van der Waals surface area contributed by atoms with Crippen LogP contribution in [0.2, 0.25) is 0 Å². The van der Waals surface area contributed by atoms with E-state index in [0.29, 0.717) is 0 Å². The van der Waals surface area contributed by atoms with E-state index in [1.807, 2.05) is 30.6 Å². The number of nitrogens with one attached hydrogen (secondary N) is 1. The summed E-state index contributed by atoms with van der Waals surface area (Å²) >= 11 is 0. The van der Waals surface area contributed by atoms with E-state index in [2.05, 4.69) is 43.1 Å². The summed E-state index contributed by atoms with van der Waals surface area (Å²) in [5, 5.41) is 8.03. The molecular weight excluding hydrogens is 264 g/mol. The van der Waals surface area contributed by atoms with E-state index in [0.717, 1.165) is 35.8 Å². The fraction of sp³-hybridized carbons (Fsp3) is 0.625. The van der Waals surface area contributed by atoms with Gasteiger partial charge in [0.15, 0.2) is 5.65 Å². The first-order chi connectivity index (χ1) is 9.84. The van der Waals surface area contributed by atoms with Crippen LogP contribution >= 0.6 is 0 Å².